The molecule has 13 N–H and O–H groups in total. The minimum absolute atomic E-state index is 0. The molecular weight excluding hydrogens is 833 g/mol. The largest absolute Gasteiger partial charge is 0.507 e. The Labute approximate surface area is 392 Å². The summed E-state index contributed by atoms with van der Waals surface area (Å²) in [6, 6.07) is 22.5. The van der Waals surface area contributed by atoms with Crippen molar-refractivity contribution in [1.29, 1.82) is 0 Å². The van der Waals surface area contributed by atoms with Crippen LogP contribution in [0.4, 0.5) is 5.69 Å². The predicted molar refractivity (Wildman–Crippen MR) is 269 cm³/mol. The van der Waals surface area contributed by atoms with Crippen molar-refractivity contribution in [3.63, 3.8) is 0 Å². The van der Waals surface area contributed by atoms with E-state index < -0.39 is 0 Å². The van der Waals surface area contributed by atoms with Crippen molar-refractivity contribution in [2.75, 3.05) is 38.2 Å². The number of phenolic OH excluding ortho intramolecular Hbond substituents is 2. The number of benzene rings is 3. The van der Waals surface area contributed by atoms with E-state index in [0.717, 1.165) is 54.7 Å². The summed E-state index contributed by atoms with van der Waals surface area (Å²) < 4.78 is 7.69. The third-order valence-corrected chi connectivity index (χ3v) is 12.0. The number of aromatic hydroxyl groups is 2. The van der Waals surface area contributed by atoms with Crippen molar-refractivity contribution in [3.8, 4) is 17.2 Å². The second kappa shape index (κ2) is 27.1. The number of ether oxygens (including phenoxy) is 1. The van der Waals surface area contributed by atoms with Gasteiger partial charge in [-0.05, 0) is 95.5 Å². The summed E-state index contributed by atoms with van der Waals surface area (Å²) in [7, 11) is 1.50. The number of amides is 2. The number of para-hydroxylation sites is 4. The molecule has 0 spiro atoms. The van der Waals surface area contributed by atoms with E-state index in [0.29, 0.717) is 60.1 Å². The Morgan fingerprint density at radius 3 is 1.91 bits per heavy atom. The number of anilines is 1. The summed E-state index contributed by atoms with van der Waals surface area (Å²) in [5.41, 5.74) is 34.2. The van der Waals surface area contributed by atoms with Gasteiger partial charge in [0, 0.05) is 64.9 Å². The van der Waals surface area contributed by atoms with E-state index in [1.165, 1.54) is 39.2 Å². The maximum absolute atomic E-state index is 11.9. The van der Waals surface area contributed by atoms with Crippen LogP contribution in [0.1, 0.15) is 114 Å². The first-order valence-corrected chi connectivity index (χ1v) is 22.9. The molecule has 1 aliphatic carbocycles. The number of likely N-dealkylation sites (tertiary alicyclic amines) is 1. The summed E-state index contributed by atoms with van der Waals surface area (Å²) in [4.78, 5) is 27.8. The van der Waals surface area contributed by atoms with E-state index in [2.05, 4.69) is 27.6 Å². The number of hydrogen-bond donors (Lipinski definition) is 8. The topological polar surface area (TPSA) is 250 Å². The van der Waals surface area contributed by atoms with Gasteiger partial charge in [0.25, 0.3) is 0 Å². The second-order valence-electron chi connectivity index (χ2n) is 15.9. The first-order chi connectivity index (χ1) is 31.5. The molecule has 3 aliphatic heterocycles. The number of allylic oxidation sites excluding steroid dienone is 3. The minimum Gasteiger partial charge on any atom is -0.507 e. The van der Waals surface area contributed by atoms with Gasteiger partial charge in [0.05, 0.1) is 24.5 Å². The number of rotatable bonds is 7. The molecule has 360 valence electrons. The first-order valence-electron chi connectivity index (χ1n) is 22.9. The van der Waals surface area contributed by atoms with Gasteiger partial charge in [0.15, 0.2) is 0 Å². The molecule has 15 nitrogen and oxygen atoms in total. The highest BCUT2D eigenvalue weighted by molar-refractivity contribution is 6.02. The molecular formula is C51H76N10O5. The van der Waals surface area contributed by atoms with Gasteiger partial charge in [0.2, 0.25) is 11.8 Å². The number of hydrogen-bond acceptors (Lipinski definition) is 13. The zero-order valence-electron chi connectivity index (χ0n) is 38.9. The molecule has 2 amide bonds. The van der Waals surface area contributed by atoms with Crippen molar-refractivity contribution < 1.29 is 24.5 Å². The molecule has 4 aromatic rings. The minimum atomic E-state index is -0.271. The summed E-state index contributed by atoms with van der Waals surface area (Å²) in [5, 5.41) is 26.5. The van der Waals surface area contributed by atoms with E-state index in [9.17, 15) is 19.8 Å². The monoisotopic (exact) mass is 909 g/mol. The molecule has 0 bridgehead atoms. The van der Waals surface area contributed by atoms with Crippen LogP contribution in [0.15, 0.2) is 97.0 Å². The lowest BCUT2D eigenvalue weighted by molar-refractivity contribution is -0.134. The van der Waals surface area contributed by atoms with Gasteiger partial charge in [-0.2, -0.15) is 5.10 Å². The Balaban J connectivity index is 0.000000285. The SMILES string of the molecule is C.C/C=C(\N)c1ccccc1O.CC.CN.Cc1c(C(/C=C(\N)c2ccccc2O)=C(N)N)cnn1C1CCN(C2CCCCC2)CC1.O=C1CCC(N2CCOc3ccccc32)C(=O)N1. The number of nitrogens with zero attached hydrogens (tertiary/aromatic N) is 4. The number of nitrogens with two attached hydrogens (primary N) is 5. The van der Waals surface area contributed by atoms with Crippen molar-refractivity contribution >= 4 is 34.5 Å². The Morgan fingerprint density at radius 2 is 1.33 bits per heavy atom. The van der Waals surface area contributed by atoms with Gasteiger partial charge < -0.3 is 53.4 Å². The first kappa shape index (κ1) is 53.9. The van der Waals surface area contributed by atoms with Crippen LogP contribution < -0.4 is 43.6 Å². The van der Waals surface area contributed by atoms with Gasteiger partial charge in [0.1, 0.15) is 35.7 Å². The van der Waals surface area contributed by atoms with Crippen LogP contribution in [-0.2, 0) is 9.59 Å². The number of aromatic nitrogens is 2. The van der Waals surface area contributed by atoms with Crippen LogP contribution in [-0.4, -0.2) is 82.1 Å². The second-order valence-corrected chi connectivity index (χ2v) is 15.9. The number of piperidine rings is 2. The lowest BCUT2D eigenvalue weighted by Gasteiger charge is -2.39. The number of nitrogens with one attached hydrogen (secondary N) is 1. The van der Waals surface area contributed by atoms with E-state index in [1.54, 1.807) is 48.6 Å². The summed E-state index contributed by atoms with van der Waals surface area (Å²) in [6.45, 7) is 11.4. The van der Waals surface area contributed by atoms with Crippen molar-refractivity contribution in [2.45, 2.75) is 111 Å². The lowest BCUT2D eigenvalue weighted by Crippen LogP contribution is -2.54. The quantitative estimate of drug-likeness (QED) is 0.0682. The number of carbonyl (C=O) groups is 2. The molecule has 4 heterocycles. The van der Waals surface area contributed by atoms with Crippen LogP contribution in [0.2, 0.25) is 0 Å². The van der Waals surface area contributed by atoms with E-state index in [-0.39, 0.29) is 42.6 Å². The molecule has 8 rings (SSSR count). The van der Waals surface area contributed by atoms with Crippen LogP contribution in [0.5, 0.6) is 17.2 Å². The van der Waals surface area contributed by atoms with Crippen molar-refractivity contribution in [2.24, 2.45) is 28.7 Å². The Morgan fingerprint density at radius 1 is 0.758 bits per heavy atom. The molecule has 2 saturated heterocycles. The number of fused-ring (bicyclic) bond motifs is 1. The van der Waals surface area contributed by atoms with Crippen LogP contribution in [0, 0.1) is 6.92 Å². The summed E-state index contributed by atoms with van der Waals surface area (Å²) in [5.74, 6) is 0.934. The third kappa shape index (κ3) is 14.0. The Bertz CT molecular complexity index is 2230. The van der Waals surface area contributed by atoms with E-state index in [4.69, 9.17) is 32.8 Å². The average molecular weight is 909 g/mol. The van der Waals surface area contributed by atoms with Gasteiger partial charge in [-0.3, -0.25) is 19.6 Å². The number of phenols is 2. The molecule has 66 heavy (non-hydrogen) atoms. The highest BCUT2D eigenvalue weighted by atomic mass is 16.5. The lowest BCUT2D eigenvalue weighted by atomic mass is 9.92. The molecule has 1 saturated carbocycles. The Hall–Kier alpha value is -6.45. The number of carbonyl (C=O) groups excluding carboxylic acids is 2. The summed E-state index contributed by atoms with van der Waals surface area (Å²) >= 11 is 0. The summed E-state index contributed by atoms with van der Waals surface area (Å²) in [6.07, 6.45) is 15.3. The van der Waals surface area contributed by atoms with Crippen LogP contribution >= 0.6 is 0 Å². The zero-order chi connectivity index (χ0) is 47.5. The zero-order valence-corrected chi connectivity index (χ0v) is 38.9. The molecule has 15 heteroatoms. The van der Waals surface area contributed by atoms with Gasteiger partial charge >= 0.3 is 0 Å². The number of imide groups is 1. The van der Waals surface area contributed by atoms with Crippen LogP contribution in [0.3, 0.4) is 0 Å². The maximum atomic E-state index is 11.9. The van der Waals surface area contributed by atoms with E-state index in [1.807, 2.05) is 68.3 Å². The fraction of sp³-hybridized carbons (Fsp3) is 0.431. The molecule has 3 fully saturated rings. The highest BCUT2D eigenvalue weighted by Gasteiger charge is 2.34. The smallest absolute Gasteiger partial charge is 0.249 e. The van der Waals surface area contributed by atoms with Gasteiger partial charge in [-0.15, -0.1) is 0 Å². The fourth-order valence-corrected chi connectivity index (χ4v) is 8.63. The van der Waals surface area contributed by atoms with Gasteiger partial charge in [-0.25, -0.2) is 0 Å². The Kier molecular flexibility index (Phi) is 22.1. The van der Waals surface area contributed by atoms with Crippen molar-refractivity contribution in [3.05, 3.63) is 119 Å². The molecule has 0 radical (unpaired) electrons. The average Bonchev–Trinajstić information content (AvgIpc) is 3.72. The molecule has 1 atom stereocenters. The molecule has 1 aromatic heterocycles. The van der Waals surface area contributed by atoms with Gasteiger partial charge in [-0.1, -0.05) is 83.0 Å². The predicted octanol–water partition coefficient (Wildman–Crippen LogP) is 7.09. The molecule has 4 aliphatic rings. The normalized spacial score (nSPS) is 17.7. The highest BCUT2D eigenvalue weighted by Crippen LogP contribution is 2.35. The molecule has 3 aromatic carbocycles. The fourth-order valence-electron chi connectivity index (χ4n) is 8.63. The third-order valence-electron chi connectivity index (χ3n) is 12.0. The van der Waals surface area contributed by atoms with Crippen LogP contribution in [0.25, 0.3) is 17.0 Å². The van der Waals surface area contributed by atoms with E-state index >= 15 is 0 Å². The molecule has 1 unspecified atom stereocenters. The maximum Gasteiger partial charge on any atom is 0.249 e. The standard InChI is InChI=1S/C25H36N6O.C13H14N2O3.C9H11NO.C2H6.CH5N.CH4/c1-17-22(21(25(27)28)15-23(26)20-9-5-6-10-24(20)32)16-29-31(17)19-11-13-30(14-12-19)18-7-3-2-4-8-18;16-12-6-5-10(13(17)14-12)15-7-8-18-11-4-2-1-3-9(11)15;1-2-8(10)7-5-3-4-6-9(7)11;2*1-2;/h5-6,9-10,15-16,18-19,32H,2-4,7-8,11-14,26-28H2,1H3;1-4,10H,5-8H2,(H,14,16,17);2-6,11H,10H2,1H3;1-2H3;2H2,1H3;1H4/b23-15-;;8-2-;;;. The van der Waals surface area contributed by atoms with Crippen molar-refractivity contribution in [1.82, 2.24) is 20.0 Å².